The molecule has 0 aliphatic heterocycles. The zero-order valence-electron chi connectivity index (χ0n) is 13.5. The van der Waals surface area contributed by atoms with Gasteiger partial charge in [-0.3, -0.25) is 4.79 Å². The summed E-state index contributed by atoms with van der Waals surface area (Å²) in [5, 5.41) is 0.611. The van der Waals surface area contributed by atoms with Crippen LogP contribution in [-0.4, -0.2) is 31.6 Å². The topological polar surface area (TPSA) is 61.8 Å². The fraction of sp³-hybridized carbons (Fsp3) is 0.562. The summed E-state index contributed by atoms with van der Waals surface area (Å²) < 4.78 is 27.4. The van der Waals surface area contributed by atoms with Gasteiger partial charge < -0.3 is 9.47 Å². The van der Waals surface area contributed by atoms with Crippen molar-refractivity contribution in [2.75, 3.05) is 19.8 Å². The second-order valence-corrected chi connectivity index (χ2v) is 6.41. The van der Waals surface area contributed by atoms with Gasteiger partial charge in [-0.15, -0.1) is 4.52 Å². The van der Waals surface area contributed by atoms with Gasteiger partial charge in [0.2, 0.25) is 0 Å². The van der Waals surface area contributed by atoms with Crippen LogP contribution in [0.3, 0.4) is 0 Å². The summed E-state index contributed by atoms with van der Waals surface area (Å²) in [4.78, 5) is 12.0. The molecule has 128 valence electrons. The Morgan fingerprint density at radius 2 is 1.83 bits per heavy atom. The van der Waals surface area contributed by atoms with E-state index < -0.39 is 14.1 Å². The van der Waals surface area contributed by atoms with Gasteiger partial charge >= 0.3 is 14.1 Å². The molecule has 0 amide bonds. The van der Waals surface area contributed by atoms with Crippen molar-refractivity contribution in [3.63, 3.8) is 0 Å². The predicted molar refractivity (Wildman–Crippen MR) is 90.2 cm³/mol. The van der Waals surface area contributed by atoms with E-state index in [1.54, 1.807) is 38.1 Å². The Morgan fingerprint density at radius 1 is 1.13 bits per heavy atom. The molecule has 1 aromatic carbocycles. The van der Waals surface area contributed by atoms with E-state index in [0.29, 0.717) is 49.7 Å². The maximum absolute atomic E-state index is 12.0. The Kier molecular flexibility index (Phi) is 10.2. The summed E-state index contributed by atoms with van der Waals surface area (Å²) in [6.07, 6.45) is 1.80. The first-order valence-electron chi connectivity index (χ1n) is 7.69. The number of ketones is 1. The molecule has 0 heterocycles. The molecule has 0 saturated heterocycles. The normalized spacial score (nSPS) is 12.9. The van der Waals surface area contributed by atoms with Crippen molar-refractivity contribution in [2.45, 2.75) is 39.1 Å². The number of rotatable bonds is 12. The molecule has 0 fully saturated rings. The maximum atomic E-state index is 12.0. The zero-order valence-corrected chi connectivity index (χ0v) is 15.1. The Hall–Kier alpha value is -0.840. The predicted octanol–water partition coefficient (Wildman–Crippen LogP) is 4.81. The van der Waals surface area contributed by atoms with Crippen molar-refractivity contribution >= 4 is 25.4 Å². The number of hydrogen-bond donors (Lipinski definition) is 0. The van der Waals surface area contributed by atoms with Gasteiger partial charge in [-0.2, -0.15) is 0 Å². The highest BCUT2D eigenvalue weighted by Crippen LogP contribution is 2.31. The third-order valence-electron chi connectivity index (χ3n) is 2.96. The molecule has 0 bridgehead atoms. The van der Waals surface area contributed by atoms with Gasteiger partial charge in [-0.05, 0) is 55.5 Å². The Morgan fingerprint density at radius 3 is 2.43 bits per heavy atom. The lowest BCUT2D eigenvalue weighted by molar-refractivity contribution is -0.0901. The van der Waals surface area contributed by atoms with Gasteiger partial charge in [0.25, 0.3) is 0 Å². The summed E-state index contributed by atoms with van der Waals surface area (Å²) >= 11 is 5.79. The third-order valence-corrected chi connectivity index (χ3v) is 4.37. The lowest BCUT2D eigenvalue weighted by atomic mass is 10.1. The minimum Gasteiger partial charge on any atom is -0.311 e. The summed E-state index contributed by atoms with van der Waals surface area (Å²) in [5.41, 5.74) is 0.655. The van der Waals surface area contributed by atoms with Crippen molar-refractivity contribution < 1.29 is 23.4 Å². The highest BCUT2D eigenvalue weighted by atomic mass is 35.5. The first-order chi connectivity index (χ1) is 11.1. The molecule has 0 aromatic heterocycles. The van der Waals surface area contributed by atoms with Crippen molar-refractivity contribution in [3.05, 3.63) is 34.9 Å². The largest absolute Gasteiger partial charge is 0.572 e. The lowest BCUT2D eigenvalue weighted by Gasteiger charge is -2.07. The molecule has 23 heavy (non-hydrogen) atoms. The highest BCUT2D eigenvalue weighted by Gasteiger charge is 2.34. The van der Waals surface area contributed by atoms with Crippen molar-refractivity contribution in [1.29, 1.82) is 0 Å². The van der Waals surface area contributed by atoms with Crippen molar-refractivity contribution in [1.82, 2.24) is 0 Å². The van der Waals surface area contributed by atoms with Gasteiger partial charge in [0, 0.05) is 17.0 Å². The molecular formula is C16H23ClO5P+. The molecule has 0 aliphatic rings. The van der Waals surface area contributed by atoms with Crippen LogP contribution in [0, 0.1) is 0 Å². The number of unbranched alkanes of at least 4 members (excludes halogenated alkanes) is 1. The van der Waals surface area contributed by atoms with Crippen LogP contribution >= 0.6 is 19.6 Å². The molecule has 0 aliphatic carbocycles. The maximum Gasteiger partial charge on any atom is 0.572 e. The molecule has 7 heteroatoms. The zero-order chi connectivity index (χ0) is 17.1. The first kappa shape index (κ1) is 20.2. The van der Waals surface area contributed by atoms with Gasteiger partial charge in [0.15, 0.2) is 5.78 Å². The lowest BCUT2D eigenvalue weighted by Crippen LogP contribution is -2.15. The van der Waals surface area contributed by atoms with Crippen LogP contribution in [-0.2, 0) is 18.6 Å². The smallest absolute Gasteiger partial charge is 0.311 e. The summed E-state index contributed by atoms with van der Waals surface area (Å²) in [6.45, 7) is 4.67. The molecule has 0 radical (unpaired) electrons. The minimum absolute atomic E-state index is 0.0726. The summed E-state index contributed by atoms with van der Waals surface area (Å²) in [5.74, 6) is 0.0726. The molecule has 0 spiro atoms. The van der Waals surface area contributed by atoms with Crippen LogP contribution in [0.25, 0.3) is 0 Å². The van der Waals surface area contributed by atoms with Crippen molar-refractivity contribution in [2.24, 2.45) is 0 Å². The summed E-state index contributed by atoms with van der Waals surface area (Å²) in [7, 11) is -2.00. The molecular weight excluding hydrogens is 339 g/mol. The molecule has 1 aromatic rings. The Labute approximate surface area is 143 Å². The van der Waals surface area contributed by atoms with Gasteiger partial charge in [-0.1, -0.05) is 11.6 Å². The fourth-order valence-corrected chi connectivity index (χ4v) is 2.85. The van der Waals surface area contributed by atoms with Crippen LogP contribution in [0.5, 0.6) is 0 Å². The average Bonchev–Trinajstić information content (AvgIpc) is 2.54. The molecule has 0 N–H and O–H groups in total. The van der Waals surface area contributed by atoms with Crippen LogP contribution in [0.15, 0.2) is 24.3 Å². The number of Topliss-reactive ketones (excluding diaryl/α,β-unsaturated/α-hetero) is 1. The second kappa shape index (κ2) is 11.7. The molecule has 2 unspecified atom stereocenters. The van der Waals surface area contributed by atoms with E-state index in [-0.39, 0.29) is 5.78 Å². The third kappa shape index (κ3) is 8.00. The quantitative estimate of drug-likeness (QED) is 0.231. The van der Waals surface area contributed by atoms with E-state index in [0.717, 1.165) is 0 Å². The molecule has 5 nitrogen and oxygen atoms in total. The molecule has 0 saturated carbocycles. The number of carbonyl (C=O) groups is 1. The van der Waals surface area contributed by atoms with Crippen LogP contribution < -0.4 is 0 Å². The number of hydrogen-bond acceptors (Lipinski definition) is 5. The molecule has 2 atom stereocenters. The monoisotopic (exact) mass is 361 g/mol. The standard InChI is InChI=1S/C16H23ClO5P/c1-3-20-16(23(19)22-4-2)21-12-6-5-7-15(18)13-8-10-14(17)11-9-13/h8-11,16H,3-7,12H2,1-2H3/q+1. The van der Waals surface area contributed by atoms with E-state index >= 15 is 0 Å². The number of halogens is 1. The minimum atomic E-state index is -2.00. The van der Waals surface area contributed by atoms with Crippen molar-refractivity contribution in [3.8, 4) is 0 Å². The number of benzene rings is 1. The van der Waals surface area contributed by atoms with E-state index in [1.165, 1.54) is 0 Å². The van der Waals surface area contributed by atoms with Crippen LogP contribution in [0.2, 0.25) is 5.02 Å². The first-order valence-corrected chi connectivity index (χ1v) is 9.32. The van der Waals surface area contributed by atoms with Gasteiger partial charge in [-0.25, -0.2) is 0 Å². The average molecular weight is 362 g/mol. The fourth-order valence-electron chi connectivity index (χ4n) is 1.85. The van der Waals surface area contributed by atoms with Crippen LogP contribution in [0.4, 0.5) is 0 Å². The van der Waals surface area contributed by atoms with E-state index in [9.17, 15) is 9.36 Å². The second-order valence-electron chi connectivity index (χ2n) is 4.72. The molecule has 1 rings (SSSR count). The van der Waals surface area contributed by atoms with E-state index in [1.807, 2.05) is 0 Å². The van der Waals surface area contributed by atoms with Gasteiger partial charge in [0.1, 0.15) is 0 Å². The van der Waals surface area contributed by atoms with Crippen LogP contribution in [0.1, 0.15) is 43.5 Å². The highest BCUT2D eigenvalue weighted by molar-refractivity contribution is 7.39. The SMILES string of the molecule is CCOC(OCCCCC(=O)c1ccc(Cl)cc1)[P+](=O)OCC. The Bertz CT molecular complexity index is 492. The Balaban J connectivity index is 2.26. The van der Waals surface area contributed by atoms with E-state index in [4.69, 9.17) is 25.6 Å². The van der Waals surface area contributed by atoms with E-state index in [2.05, 4.69) is 0 Å². The summed E-state index contributed by atoms with van der Waals surface area (Å²) in [6, 6.07) is 6.00. The van der Waals surface area contributed by atoms with Gasteiger partial charge in [0.05, 0.1) is 19.8 Å². The number of carbonyl (C=O) groups excluding carboxylic acids is 1. The number of ether oxygens (including phenoxy) is 2.